The lowest BCUT2D eigenvalue weighted by Crippen LogP contribution is -2.46. The average molecular weight is 645 g/mol. The van der Waals surface area contributed by atoms with Gasteiger partial charge in [-0.25, -0.2) is 14.2 Å². The summed E-state index contributed by atoms with van der Waals surface area (Å²) in [5, 5.41) is 4.95. The van der Waals surface area contributed by atoms with Gasteiger partial charge in [0.2, 0.25) is 0 Å². The number of hydrogen-bond donors (Lipinski definition) is 0. The molecule has 45 heavy (non-hydrogen) atoms. The Hall–Kier alpha value is -2.73. The Morgan fingerprint density at radius 3 is 2.58 bits per heavy atom. The molecule has 0 aliphatic carbocycles. The van der Waals surface area contributed by atoms with E-state index >= 15 is 0 Å². The van der Waals surface area contributed by atoms with E-state index in [2.05, 4.69) is 11.8 Å². The summed E-state index contributed by atoms with van der Waals surface area (Å²) < 4.78 is 40.5. The zero-order valence-corrected chi connectivity index (χ0v) is 28.6. The van der Waals surface area contributed by atoms with E-state index in [-0.39, 0.29) is 38.1 Å². The van der Waals surface area contributed by atoms with Crippen LogP contribution in [0.2, 0.25) is 0 Å². The van der Waals surface area contributed by atoms with E-state index in [1.807, 2.05) is 44.3 Å². The third kappa shape index (κ3) is 8.55. The fraction of sp³-hybridized carbons (Fsp3) is 0.618. The van der Waals surface area contributed by atoms with Gasteiger partial charge >= 0.3 is 5.97 Å². The van der Waals surface area contributed by atoms with Gasteiger partial charge in [0.05, 0.1) is 42.3 Å². The highest BCUT2D eigenvalue weighted by molar-refractivity contribution is 7.59. The molecule has 1 aromatic carbocycles. The quantitative estimate of drug-likeness (QED) is 0.297. The summed E-state index contributed by atoms with van der Waals surface area (Å²) in [5.74, 6) is 0.0992. The van der Waals surface area contributed by atoms with Gasteiger partial charge < -0.3 is 23.8 Å². The number of aryl methyl sites for hydroxylation is 2. The maximum Gasteiger partial charge on any atom is 0.340 e. The van der Waals surface area contributed by atoms with Crippen LogP contribution in [-0.2, 0) is 43.4 Å². The van der Waals surface area contributed by atoms with Crippen LogP contribution in [0.25, 0.3) is 5.65 Å². The molecular formula is C34H49FN4O5S. The number of anilines is 1. The normalized spacial score (nSPS) is 18.4. The second kappa shape index (κ2) is 14.8. The summed E-state index contributed by atoms with van der Waals surface area (Å²) in [6.45, 7) is 14.7. The van der Waals surface area contributed by atoms with Gasteiger partial charge in [-0.15, -0.1) is 0 Å². The van der Waals surface area contributed by atoms with Gasteiger partial charge in [-0.3, -0.25) is 0 Å². The van der Waals surface area contributed by atoms with E-state index in [9.17, 15) is 9.18 Å². The lowest BCUT2D eigenvalue weighted by atomic mass is 9.92. The molecule has 3 aliphatic heterocycles. The van der Waals surface area contributed by atoms with Crippen molar-refractivity contribution in [3.05, 3.63) is 58.2 Å². The van der Waals surface area contributed by atoms with Crippen molar-refractivity contribution in [2.75, 3.05) is 31.2 Å². The minimum Gasteiger partial charge on any atom is -0.464 e. The molecule has 9 nitrogen and oxygen atoms in total. The lowest BCUT2D eigenvalue weighted by molar-refractivity contribution is -0.166. The van der Waals surface area contributed by atoms with E-state index in [0.717, 1.165) is 68.6 Å². The third-order valence-electron chi connectivity index (χ3n) is 8.43. The van der Waals surface area contributed by atoms with Crippen LogP contribution in [0.15, 0.2) is 24.3 Å². The highest BCUT2D eigenvalue weighted by Crippen LogP contribution is 2.38. The lowest BCUT2D eigenvalue weighted by Gasteiger charge is -2.41. The number of halogens is 1. The summed E-state index contributed by atoms with van der Waals surface area (Å²) in [4.78, 5) is 20.6. The van der Waals surface area contributed by atoms with Crippen LogP contribution >= 0.6 is 13.5 Å². The Morgan fingerprint density at radius 2 is 1.87 bits per heavy atom. The van der Waals surface area contributed by atoms with E-state index < -0.39 is 17.7 Å². The Labute approximate surface area is 273 Å². The molecule has 0 radical (unpaired) electrons. The van der Waals surface area contributed by atoms with Gasteiger partial charge in [-0.1, -0.05) is 12.5 Å². The minimum atomic E-state index is -0.978. The van der Waals surface area contributed by atoms with Crippen molar-refractivity contribution < 1.29 is 28.1 Å². The van der Waals surface area contributed by atoms with Crippen molar-refractivity contribution in [3.8, 4) is 0 Å². The van der Waals surface area contributed by atoms with Crippen LogP contribution in [-0.4, -0.2) is 58.1 Å². The molecular weight excluding hydrogens is 595 g/mol. The Kier molecular flexibility index (Phi) is 11.5. The maximum absolute atomic E-state index is 14.1. The molecule has 0 amide bonds. The fourth-order valence-electron chi connectivity index (χ4n) is 6.12. The predicted octanol–water partition coefficient (Wildman–Crippen LogP) is 6.53. The van der Waals surface area contributed by atoms with Crippen molar-refractivity contribution in [1.29, 1.82) is 0 Å². The highest BCUT2D eigenvalue weighted by Gasteiger charge is 2.38. The molecule has 0 spiro atoms. The van der Waals surface area contributed by atoms with Crippen LogP contribution in [0.1, 0.15) is 101 Å². The SMILES string of the molecule is CCOC(=O)[C@@H](OC(C)(C)C)c1c(C)nc2cc3nn2c1N1CCC(C)(CC1)OCCCCCc1cc(F)ccc1COC3.S. The summed E-state index contributed by atoms with van der Waals surface area (Å²) in [6, 6.07) is 6.84. The van der Waals surface area contributed by atoms with Crippen molar-refractivity contribution >= 4 is 30.9 Å². The first kappa shape index (κ1) is 35.1. The van der Waals surface area contributed by atoms with Crippen molar-refractivity contribution in [3.63, 3.8) is 0 Å². The topological polar surface area (TPSA) is 87.4 Å². The Bertz CT molecular complexity index is 1470. The number of ether oxygens (including phenoxy) is 4. The molecule has 248 valence electrons. The molecule has 6 rings (SSSR count). The summed E-state index contributed by atoms with van der Waals surface area (Å²) in [7, 11) is 0. The van der Waals surface area contributed by atoms with Crippen molar-refractivity contribution in [2.45, 2.75) is 111 Å². The summed E-state index contributed by atoms with van der Waals surface area (Å²) >= 11 is 0. The first-order valence-corrected chi connectivity index (χ1v) is 15.9. The first-order valence-electron chi connectivity index (χ1n) is 15.9. The number of piperidine rings is 1. The van der Waals surface area contributed by atoms with Crippen LogP contribution < -0.4 is 4.90 Å². The molecule has 0 unspecified atom stereocenters. The van der Waals surface area contributed by atoms with Crippen LogP contribution in [0.4, 0.5) is 10.2 Å². The van der Waals surface area contributed by atoms with Gasteiger partial charge in [0.25, 0.3) is 0 Å². The van der Waals surface area contributed by atoms with Crippen LogP contribution in [0, 0.1) is 12.7 Å². The Morgan fingerprint density at radius 1 is 1.11 bits per heavy atom. The molecule has 1 atom stereocenters. The number of rotatable bonds is 4. The molecule has 0 saturated carbocycles. The average Bonchev–Trinajstić information content (AvgIpc) is 3.36. The van der Waals surface area contributed by atoms with E-state index in [1.54, 1.807) is 13.0 Å². The number of carbonyl (C=O) groups excluding carboxylic acids is 1. The largest absolute Gasteiger partial charge is 0.464 e. The second-order valence-corrected chi connectivity index (χ2v) is 13.2. The molecule has 3 aromatic rings. The zero-order chi connectivity index (χ0) is 31.5. The molecule has 0 N–H and O–H groups in total. The molecule has 2 aromatic heterocycles. The number of fused-ring (bicyclic) bond motifs is 9. The number of carbonyl (C=O) groups is 1. The van der Waals surface area contributed by atoms with Gasteiger partial charge in [-0.2, -0.15) is 23.1 Å². The predicted molar refractivity (Wildman–Crippen MR) is 177 cm³/mol. The number of benzene rings is 1. The monoisotopic (exact) mass is 644 g/mol. The second-order valence-electron chi connectivity index (χ2n) is 13.2. The Balaban J connectivity index is 0.00000461. The van der Waals surface area contributed by atoms with Gasteiger partial charge in [0, 0.05) is 31.5 Å². The standard InChI is InChI=1S/C34H47FN4O5.H2S/c1-7-42-32(40)30(44-33(3,4)5)29-23(2)36-28-20-27-22-41-21-25-12-13-26(35)19-24(25)11-9-8-10-18-43-34(6)14-16-38(17-15-34)31(29)39(28)37-27;/h12-13,19-20,30H,7-11,14-18,21-22H2,1-6H3;1H2/t30-;/m0./s1. The zero-order valence-electron chi connectivity index (χ0n) is 27.6. The first-order chi connectivity index (χ1) is 21.0. The molecule has 4 bridgehead atoms. The molecule has 5 heterocycles. The molecule has 3 aliphatic rings. The van der Waals surface area contributed by atoms with Crippen molar-refractivity contribution in [1.82, 2.24) is 14.6 Å². The number of aromatic nitrogens is 3. The minimum absolute atomic E-state index is 0. The van der Waals surface area contributed by atoms with Gasteiger partial charge in [0.15, 0.2) is 11.8 Å². The van der Waals surface area contributed by atoms with Crippen LogP contribution in [0.3, 0.4) is 0 Å². The van der Waals surface area contributed by atoms with Gasteiger partial charge in [0.1, 0.15) is 11.6 Å². The van der Waals surface area contributed by atoms with Gasteiger partial charge in [-0.05, 0) is 96.9 Å². The van der Waals surface area contributed by atoms with E-state index in [4.69, 9.17) is 29.0 Å². The van der Waals surface area contributed by atoms with Crippen molar-refractivity contribution in [2.24, 2.45) is 0 Å². The van der Waals surface area contributed by atoms with E-state index in [0.29, 0.717) is 35.8 Å². The molecule has 1 fully saturated rings. The number of esters is 1. The smallest absolute Gasteiger partial charge is 0.340 e. The van der Waals surface area contributed by atoms with Crippen LogP contribution in [0.5, 0.6) is 0 Å². The summed E-state index contributed by atoms with van der Waals surface area (Å²) in [5.41, 5.74) is 3.82. The number of hydrogen-bond acceptors (Lipinski definition) is 8. The molecule has 11 heteroatoms. The fourth-order valence-corrected chi connectivity index (χ4v) is 6.12. The maximum atomic E-state index is 14.1. The highest BCUT2D eigenvalue weighted by atomic mass is 32.1. The van der Waals surface area contributed by atoms with E-state index in [1.165, 1.54) is 6.07 Å². The number of nitrogens with zero attached hydrogens (tertiary/aromatic N) is 4. The summed E-state index contributed by atoms with van der Waals surface area (Å²) in [6.07, 6.45) is 4.39. The molecule has 1 saturated heterocycles. The third-order valence-corrected chi connectivity index (χ3v) is 8.43.